The number of hydrogen-bond donors (Lipinski definition) is 2. The van der Waals surface area contributed by atoms with Gasteiger partial charge in [-0.1, -0.05) is 43.7 Å². The maximum absolute atomic E-state index is 13.1. The third-order valence-electron chi connectivity index (χ3n) is 5.87. The predicted octanol–water partition coefficient (Wildman–Crippen LogP) is 3.73. The summed E-state index contributed by atoms with van der Waals surface area (Å²) in [5, 5.41) is 5.76. The summed E-state index contributed by atoms with van der Waals surface area (Å²) in [6.45, 7) is 8.87. The molecule has 33 heavy (non-hydrogen) atoms. The van der Waals surface area contributed by atoms with E-state index in [9.17, 15) is 18.0 Å². The Kier molecular flexibility index (Phi) is 7.92. The molecule has 1 heterocycles. The fourth-order valence-corrected chi connectivity index (χ4v) is 5.68. The minimum Gasteiger partial charge on any atom is -0.352 e. The first-order chi connectivity index (χ1) is 15.6. The van der Waals surface area contributed by atoms with Crippen molar-refractivity contribution in [3.63, 3.8) is 0 Å². The first kappa shape index (κ1) is 24.9. The van der Waals surface area contributed by atoms with Gasteiger partial charge in [0.1, 0.15) is 0 Å². The highest BCUT2D eigenvalue weighted by Crippen LogP contribution is 2.27. The van der Waals surface area contributed by atoms with Crippen molar-refractivity contribution in [2.24, 2.45) is 11.8 Å². The summed E-state index contributed by atoms with van der Waals surface area (Å²) in [5.41, 5.74) is 2.62. The zero-order valence-corrected chi connectivity index (χ0v) is 20.5. The van der Waals surface area contributed by atoms with Gasteiger partial charge >= 0.3 is 0 Å². The Bertz CT molecular complexity index is 1120. The zero-order valence-electron chi connectivity index (χ0n) is 19.7. The minimum atomic E-state index is -3.60. The molecule has 1 fully saturated rings. The highest BCUT2D eigenvalue weighted by atomic mass is 32.2. The molecule has 1 aliphatic heterocycles. The number of aryl methyl sites for hydroxylation is 2. The minimum absolute atomic E-state index is 0.192. The number of carbonyl (C=O) groups is 2. The van der Waals surface area contributed by atoms with Crippen molar-refractivity contribution in [2.45, 2.75) is 45.4 Å². The number of benzene rings is 2. The molecule has 0 radical (unpaired) electrons. The SMILES string of the molecule is Cc1ccc(S(=O)(=O)N2CCC(C(=O)Nc3ccccc3C(=O)NCC(C)C)CC2)c(C)c1. The average molecular weight is 472 g/mol. The van der Waals surface area contributed by atoms with Gasteiger partial charge in [-0.2, -0.15) is 4.31 Å². The van der Waals surface area contributed by atoms with Gasteiger partial charge in [0.2, 0.25) is 15.9 Å². The number of amides is 2. The second kappa shape index (κ2) is 10.5. The fraction of sp³-hybridized carbons (Fsp3) is 0.440. The van der Waals surface area contributed by atoms with Crippen LogP contribution >= 0.6 is 0 Å². The number of para-hydroxylation sites is 1. The molecule has 8 heteroatoms. The second-order valence-corrected chi connectivity index (χ2v) is 11.0. The lowest BCUT2D eigenvalue weighted by atomic mass is 9.97. The maximum atomic E-state index is 13.1. The standard InChI is InChI=1S/C25H33N3O4S/c1-17(2)16-26-25(30)21-7-5-6-8-22(21)27-24(29)20-11-13-28(14-12-20)33(31,32)23-10-9-18(3)15-19(23)4/h5-10,15,17,20H,11-14,16H2,1-4H3,(H,26,30)(H,27,29). The first-order valence-corrected chi connectivity index (χ1v) is 12.8. The molecule has 7 nitrogen and oxygen atoms in total. The summed E-state index contributed by atoms with van der Waals surface area (Å²) in [4.78, 5) is 25.8. The molecule has 1 saturated heterocycles. The third kappa shape index (κ3) is 6.00. The number of sulfonamides is 1. The molecule has 0 aliphatic carbocycles. The summed E-state index contributed by atoms with van der Waals surface area (Å²) in [5.74, 6) is -0.417. The maximum Gasteiger partial charge on any atom is 0.253 e. The van der Waals surface area contributed by atoms with E-state index >= 15 is 0 Å². The van der Waals surface area contributed by atoms with Crippen molar-refractivity contribution in [2.75, 3.05) is 25.0 Å². The Balaban J connectivity index is 1.64. The van der Waals surface area contributed by atoms with Crippen molar-refractivity contribution in [1.29, 1.82) is 0 Å². The number of nitrogens with one attached hydrogen (secondary N) is 2. The summed E-state index contributed by atoms with van der Waals surface area (Å²) in [7, 11) is -3.60. The number of piperidine rings is 1. The average Bonchev–Trinajstić information content (AvgIpc) is 2.77. The van der Waals surface area contributed by atoms with E-state index in [0.29, 0.717) is 41.5 Å². The van der Waals surface area contributed by atoms with Gasteiger partial charge in [0.25, 0.3) is 5.91 Å². The van der Waals surface area contributed by atoms with E-state index in [0.717, 1.165) is 11.1 Å². The Morgan fingerprint density at radius 2 is 1.73 bits per heavy atom. The highest BCUT2D eigenvalue weighted by Gasteiger charge is 2.33. The van der Waals surface area contributed by atoms with Crippen LogP contribution in [0.5, 0.6) is 0 Å². The summed E-state index contributed by atoms with van der Waals surface area (Å²) < 4.78 is 27.7. The van der Waals surface area contributed by atoms with E-state index < -0.39 is 10.0 Å². The van der Waals surface area contributed by atoms with Crippen molar-refractivity contribution < 1.29 is 18.0 Å². The lowest BCUT2D eigenvalue weighted by molar-refractivity contribution is -0.120. The van der Waals surface area contributed by atoms with Crippen LogP contribution in [0.25, 0.3) is 0 Å². The van der Waals surface area contributed by atoms with E-state index in [1.165, 1.54) is 4.31 Å². The van der Waals surface area contributed by atoms with E-state index in [4.69, 9.17) is 0 Å². The predicted molar refractivity (Wildman–Crippen MR) is 130 cm³/mol. The molecule has 0 bridgehead atoms. The van der Waals surface area contributed by atoms with Crippen molar-refractivity contribution in [3.8, 4) is 0 Å². The molecule has 0 aromatic heterocycles. The van der Waals surface area contributed by atoms with Crippen molar-refractivity contribution >= 4 is 27.5 Å². The van der Waals surface area contributed by atoms with Crippen molar-refractivity contribution in [3.05, 3.63) is 59.2 Å². The van der Waals surface area contributed by atoms with Crippen LogP contribution in [-0.2, 0) is 14.8 Å². The van der Waals surface area contributed by atoms with Gasteiger partial charge in [-0.25, -0.2) is 8.42 Å². The van der Waals surface area contributed by atoms with Crippen LogP contribution in [0.3, 0.4) is 0 Å². The van der Waals surface area contributed by atoms with E-state index in [1.54, 1.807) is 43.3 Å². The highest BCUT2D eigenvalue weighted by molar-refractivity contribution is 7.89. The zero-order chi connectivity index (χ0) is 24.2. The largest absolute Gasteiger partial charge is 0.352 e. The molecule has 0 saturated carbocycles. The van der Waals surface area contributed by atoms with E-state index in [2.05, 4.69) is 10.6 Å². The van der Waals surface area contributed by atoms with E-state index in [-0.39, 0.29) is 30.8 Å². The molecule has 0 unspecified atom stereocenters. The lowest BCUT2D eigenvalue weighted by Crippen LogP contribution is -2.41. The van der Waals surface area contributed by atoms with Crippen LogP contribution in [0.2, 0.25) is 0 Å². The van der Waals surface area contributed by atoms with E-state index in [1.807, 2.05) is 26.8 Å². The van der Waals surface area contributed by atoms with Gasteiger partial charge in [0, 0.05) is 25.6 Å². The van der Waals surface area contributed by atoms with Gasteiger partial charge < -0.3 is 10.6 Å². The molecular formula is C25H33N3O4S. The van der Waals surface area contributed by atoms with Crippen molar-refractivity contribution in [1.82, 2.24) is 9.62 Å². The molecule has 2 N–H and O–H groups in total. The summed E-state index contributed by atoms with van der Waals surface area (Å²) >= 11 is 0. The normalized spacial score (nSPS) is 15.4. The van der Waals surface area contributed by atoms with Crippen LogP contribution in [0, 0.1) is 25.7 Å². The van der Waals surface area contributed by atoms with Gasteiger partial charge in [-0.15, -0.1) is 0 Å². The quantitative estimate of drug-likeness (QED) is 0.643. The smallest absolute Gasteiger partial charge is 0.253 e. The first-order valence-electron chi connectivity index (χ1n) is 11.3. The lowest BCUT2D eigenvalue weighted by Gasteiger charge is -2.31. The Morgan fingerprint density at radius 3 is 2.36 bits per heavy atom. The molecule has 2 aromatic rings. The number of rotatable bonds is 7. The third-order valence-corrected chi connectivity index (χ3v) is 7.93. The van der Waals surface area contributed by atoms with Crippen LogP contribution in [0.15, 0.2) is 47.4 Å². The van der Waals surface area contributed by atoms with Crippen LogP contribution in [0.1, 0.15) is 48.2 Å². The molecule has 2 amide bonds. The van der Waals surface area contributed by atoms with Gasteiger partial charge in [0.05, 0.1) is 16.1 Å². The van der Waals surface area contributed by atoms with Gasteiger partial charge in [0.15, 0.2) is 0 Å². The number of carbonyl (C=O) groups excluding carboxylic acids is 2. The molecule has 3 rings (SSSR count). The fourth-order valence-electron chi connectivity index (χ4n) is 4.00. The second-order valence-electron chi connectivity index (χ2n) is 9.09. The Hall–Kier alpha value is -2.71. The monoisotopic (exact) mass is 471 g/mol. The number of anilines is 1. The molecule has 0 spiro atoms. The van der Waals surface area contributed by atoms with Crippen LogP contribution in [0.4, 0.5) is 5.69 Å². The summed E-state index contributed by atoms with van der Waals surface area (Å²) in [6, 6.07) is 12.2. The van der Waals surface area contributed by atoms with Crippen LogP contribution in [-0.4, -0.2) is 44.2 Å². The van der Waals surface area contributed by atoms with Gasteiger partial charge in [-0.3, -0.25) is 9.59 Å². The molecule has 0 atom stereocenters. The molecule has 2 aromatic carbocycles. The number of nitrogens with zero attached hydrogens (tertiary/aromatic N) is 1. The Morgan fingerprint density at radius 1 is 1.06 bits per heavy atom. The molecule has 178 valence electrons. The van der Waals surface area contributed by atoms with Gasteiger partial charge in [-0.05, 0) is 56.4 Å². The number of hydrogen-bond acceptors (Lipinski definition) is 4. The molecular weight excluding hydrogens is 438 g/mol. The Labute approximate surface area is 196 Å². The molecule has 1 aliphatic rings. The van der Waals surface area contributed by atoms with Crippen LogP contribution < -0.4 is 10.6 Å². The topological polar surface area (TPSA) is 95.6 Å². The summed E-state index contributed by atoms with van der Waals surface area (Å²) in [6.07, 6.45) is 0.857.